The minimum Gasteiger partial charge on any atom is -0.465 e. The third kappa shape index (κ3) is 3.24. The number of carbonyl (C=O) groups is 1. The lowest BCUT2D eigenvalue weighted by atomic mass is 9.98. The molecular weight excluding hydrogens is 286 g/mol. The van der Waals surface area contributed by atoms with Gasteiger partial charge in [-0.1, -0.05) is 23.8 Å². The summed E-state index contributed by atoms with van der Waals surface area (Å²) in [7, 11) is 1.39. The fourth-order valence-electron chi connectivity index (χ4n) is 2.80. The maximum Gasteiger partial charge on any atom is 0.337 e. The largest absolute Gasteiger partial charge is 0.465 e. The molecule has 0 fully saturated rings. The average Bonchev–Trinajstić information content (AvgIpc) is 2.55. The maximum absolute atomic E-state index is 11.5. The van der Waals surface area contributed by atoms with Gasteiger partial charge in [-0.2, -0.15) is 0 Å². The molecule has 3 aromatic rings. The van der Waals surface area contributed by atoms with E-state index in [4.69, 9.17) is 4.74 Å². The molecule has 0 amide bonds. The van der Waals surface area contributed by atoms with E-state index in [-0.39, 0.29) is 5.97 Å². The number of hydrogen-bond donors (Lipinski definition) is 0. The molecule has 0 spiro atoms. The SMILES string of the molecule is COC(=O)c1ccc(Cc2cc(C)nc3ccc(C)cc23)cc1. The van der Waals surface area contributed by atoms with Gasteiger partial charge >= 0.3 is 5.97 Å². The van der Waals surface area contributed by atoms with Crippen LogP contribution in [0.2, 0.25) is 0 Å². The lowest BCUT2D eigenvalue weighted by Crippen LogP contribution is -2.01. The van der Waals surface area contributed by atoms with Crippen LogP contribution in [0, 0.1) is 13.8 Å². The molecule has 0 N–H and O–H groups in total. The molecule has 3 heteroatoms. The summed E-state index contributed by atoms with van der Waals surface area (Å²) in [4.78, 5) is 16.1. The molecule has 2 aromatic carbocycles. The summed E-state index contributed by atoms with van der Waals surface area (Å²) >= 11 is 0. The molecule has 116 valence electrons. The standard InChI is InChI=1S/C20H19NO2/c1-13-4-9-19-18(10-13)17(11-14(2)21-19)12-15-5-7-16(8-6-15)20(22)23-3/h4-11H,12H2,1-3H3. The molecule has 23 heavy (non-hydrogen) atoms. The number of esters is 1. The first-order valence-electron chi connectivity index (χ1n) is 7.61. The molecule has 1 heterocycles. The van der Waals surface area contributed by atoms with Gasteiger partial charge in [-0.15, -0.1) is 0 Å². The molecule has 0 bridgehead atoms. The number of methoxy groups -OCH3 is 1. The fourth-order valence-corrected chi connectivity index (χ4v) is 2.80. The summed E-state index contributed by atoms with van der Waals surface area (Å²) in [5.74, 6) is -0.308. The van der Waals surface area contributed by atoms with Gasteiger partial charge in [0.2, 0.25) is 0 Å². The van der Waals surface area contributed by atoms with Crippen LogP contribution < -0.4 is 0 Å². The van der Waals surface area contributed by atoms with Gasteiger partial charge in [0.1, 0.15) is 0 Å². The van der Waals surface area contributed by atoms with Crippen LogP contribution in [-0.2, 0) is 11.2 Å². The molecule has 0 saturated carbocycles. The summed E-state index contributed by atoms with van der Waals surface area (Å²) in [6, 6.07) is 16.0. The Kier molecular flexibility index (Phi) is 4.11. The monoisotopic (exact) mass is 305 g/mol. The van der Waals surface area contributed by atoms with Gasteiger partial charge in [0, 0.05) is 11.1 Å². The van der Waals surface area contributed by atoms with E-state index < -0.39 is 0 Å². The summed E-state index contributed by atoms with van der Waals surface area (Å²) < 4.78 is 4.73. The van der Waals surface area contributed by atoms with Crippen LogP contribution in [0.5, 0.6) is 0 Å². The van der Waals surface area contributed by atoms with Crippen LogP contribution in [-0.4, -0.2) is 18.1 Å². The van der Waals surface area contributed by atoms with Crippen LogP contribution in [0.1, 0.15) is 32.7 Å². The topological polar surface area (TPSA) is 39.2 Å². The second-order valence-corrected chi connectivity index (χ2v) is 5.81. The first-order valence-corrected chi connectivity index (χ1v) is 7.61. The second-order valence-electron chi connectivity index (χ2n) is 5.81. The van der Waals surface area contributed by atoms with E-state index in [9.17, 15) is 4.79 Å². The molecule has 1 aromatic heterocycles. The molecule has 0 atom stereocenters. The van der Waals surface area contributed by atoms with Crippen LogP contribution in [0.3, 0.4) is 0 Å². The highest BCUT2D eigenvalue weighted by Crippen LogP contribution is 2.23. The molecule has 0 aliphatic rings. The summed E-state index contributed by atoms with van der Waals surface area (Å²) in [5.41, 5.74) is 6.25. The number of benzene rings is 2. The highest BCUT2D eigenvalue weighted by Gasteiger charge is 2.08. The van der Waals surface area contributed by atoms with Crippen molar-refractivity contribution in [2.24, 2.45) is 0 Å². The summed E-state index contributed by atoms with van der Waals surface area (Å²) in [6.45, 7) is 4.11. The predicted octanol–water partition coefficient (Wildman–Crippen LogP) is 4.23. The van der Waals surface area contributed by atoms with Crippen molar-refractivity contribution >= 4 is 16.9 Å². The zero-order chi connectivity index (χ0) is 16.4. The lowest BCUT2D eigenvalue weighted by molar-refractivity contribution is 0.0600. The van der Waals surface area contributed by atoms with Gasteiger partial charge in [-0.05, 0) is 61.7 Å². The highest BCUT2D eigenvalue weighted by molar-refractivity contribution is 5.89. The van der Waals surface area contributed by atoms with E-state index in [1.165, 1.54) is 23.6 Å². The quantitative estimate of drug-likeness (QED) is 0.680. The fraction of sp³-hybridized carbons (Fsp3) is 0.200. The number of aromatic nitrogens is 1. The molecule has 0 aliphatic carbocycles. The van der Waals surface area contributed by atoms with Crippen LogP contribution in [0.4, 0.5) is 0 Å². The number of pyridine rings is 1. The Labute approximate surface area is 135 Å². The minimum atomic E-state index is -0.308. The molecule has 0 saturated heterocycles. The van der Waals surface area contributed by atoms with Crippen molar-refractivity contribution in [3.8, 4) is 0 Å². The second kappa shape index (κ2) is 6.21. The van der Waals surface area contributed by atoms with Gasteiger partial charge in [0.05, 0.1) is 18.2 Å². The van der Waals surface area contributed by atoms with Crippen LogP contribution >= 0.6 is 0 Å². The van der Waals surface area contributed by atoms with Crippen molar-refractivity contribution < 1.29 is 9.53 Å². The Morgan fingerprint density at radius 2 is 1.78 bits per heavy atom. The van der Waals surface area contributed by atoms with E-state index in [0.717, 1.165) is 23.2 Å². The van der Waals surface area contributed by atoms with E-state index in [1.54, 1.807) is 0 Å². The van der Waals surface area contributed by atoms with Crippen molar-refractivity contribution in [3.63, 3.8) is 0 Å². The Morgan fingerprint density at radius 1 is 1.04 bits per heavy atom. The van der Waals surface area contributed by atoms with Crippen molar-refractivity contribution in [2.75, 3.05) is 7.11 Å². The van der Waals surface area contributed by atoms with Gasteiger partial charge in [0.15, 0.2) is 0 Å². The third-order valence-corrected chi connectivity index (χ3v) is 3.95. The van der Waals surface area contributed by atoms with E-state index >= 15 is 0 Å². The smallest absolute Gasteiger partial charge is 0.337 e. The zero-order valence-corrected chi connectivity index (χ0v) is 13.6. The number of nitrogens with zero attached hydrogens (tertiary/aromatic N) is 1. The molecular formula is C20H19NO2. The van der Waals surface area contributed by atoms with Gasteiger partial charge in [-0.3, -0.25) is 4.98 Å². The number of hydrogen-bond acceptors (Lipinski definition) is 3. The van der Waals surface area contributed by atoms with Gasteiger partial charge in [-0.25, -0.2) is 4.79 Å². The van der Waals surface area contributed by atoms with Crippen molar-refractivity contribution in [1.29, 1.82) is 0 Å². The average molecular weight is 305 g/mol. The Bertz CT molecular complexity index is 867. The molecule has 3 nitrogen and oxygen atoms in total. The number of ether oxygens (including phenoxy) is 1. The first-order chi connectivity index (χ1) is 11.1. The Balaban J connectivity index is 1.97. The van der Waals surface area contributed by atoms with Crippen molar-refractivity contribution in [2.45, 2.75) is 20.3 Å². The predicted molar refractivity (Wildman–Crippen MR) is 91.8 cm³/mol. The van der Waals surface area contributed by atoms with Gasteiger partial charge in [0.25, 0.3) is 0 Å². The lowest BCUT2D eigenvalue weighted by Gasteiger charge is -2.09. The molecule has 0 aliphatic heterocycles. The Morgan fingerprint density at radius 3 is 2.48 bits per heavy atom. The van der Waals surface area contributed by atoms with E-state index in [0.29, 0.717) is 5.56 Å². The number of aryl methyl sites for hydroxylation is 2. The maximum atomic E-state index is 11.5. The zero-order valence-electron chi connectivity index (χ0n) is 13.6. The highest BCUT2D eigenvalue weighted by atomic mass is 16.5. The van der Waals surface area contributed by atoms with Crippen molar-refractivity contribution in [3.05, 3.63) is 76.5 Å². The van der Waals surface area contributed by atoms with Gasteiger partial charge < -0.3 is 4.74 Å². The normalized spacial score (nSPS) is 10.7. The van der Waals surface area contributed by atoms with Crippen LogP contribution in [0.25, 0.3) is 10.9 Å². The van der Waals surface area contributed by atoms with Crippen molar-refractivity contribution in [1.82, 2.24) is 4.98 Å². The number of rotatable bonds is 3. The first kappa shape index (κ1) is 15.2. The molecule has 0 radical (unpaired) electrons. The molecule has 3 rings (SSSR count). The number of fused-ring (bicyclic) bond motifs is 1. The number of carbonyl (C=O) groups excluding carboxylic acids is 1. The summed E-state index contributed by atoms with van der Waals surface area (Å²) in [5, 5.41) is 1.19. The van der Waals surface area contributed by atoms with E-state index in [2.05, 4.69) is 36.2 Å². The third-order valence-electron chi connectivity index (χ3n) is 3.95. The van der Waals surface area contributed by atoms with Crippen LogP contribution in [0.15, 0.2) is 48.5 Å². The Hall–Kier alpha value is -2.68. The van der Waals surface area contributed by atoms with E-state index in [1.807, 2.05) is 31.2 Å². The molecule has 0 unspecified atom stereocenters. The summed E-state index contributed by atoms with van der Waals surface area (Å²) in [6.07, 6.45) is 0.810. The minimum absolute atomic E-state index is 0.308.